The SMILES string of the molecule is CCOC(=O)c1[nH]c2ccc(O)cc2c1C(c1cccc(O)c1)c1cccc(OC)c1. The molecular formula is C25H23NO5. The van der Waals surface area contributed by atoms with Crippen LogP contribution in [0.1, 0.15) is 40.0 Å². The van der Waals surface area contributed by atoms with Gasteiger partial charge in [0.05, 0.1) is 13.7 Å². The van der Waals surface area contributed by atoms with Crippen molar-refractivity contribution < 1.29 is 24.5 Å². The summed E-state index contributed by atoms with van der Waals surface area (Å²) in [6.45, 7) is 1.98. The zero-order valence-electron chi connectivity index (χ0n) is 17.3. The maximum absolute atomic E-state index is 12.9. The third kappa shape index (κ3) is 3.92. The van der Waals surface area contributed by atoms with Crippen LogP contribution >= 0.6 is 0 Å². The number of aromatic hydroxyl groups is 2. The smallest absolute Gasteiger partial charge is 0.355 e. The second kappa shape index (κ2) is 8.44. The van der Waals surface area contributed by atoms with E-state index in [2.05, 4.69) is 4.98 Å². The van der Waals surface area contributed by atoms with Crippen molar-refractivity contribution in [3.63, 3.8) is 0 Å². The molecule has 0 aliphatic carbocycles. The number of aromatic amines is 1. The molecule has 0 spiro atoms. The van der Waals surface area contributed by atoms with Crippen LogP contribution in [0.25, 0.3) is 10.9 Å². The number of benzene rings is 3. The molecule has 3 aromatic carbocycles. The molecule has 0 fully saturated rings. The highest BCUT2D eigenvalue weighted by Crippen LogP contribution is 2.41. The first-order chi connectivity index (χ1) is 15.0. The molecule has 0 radical (unpaired) electrons. The van der Waals surface area contributed by atoms with Crippen molar-refractivity contribution in [3.8, 4) is 17.2 Å². The van der Waals surface area contributed by atoms with Crippen LogP contribution < -0.4 is 4.74 Å². The van der Waals surface area contributed by atoms with Crippen LogP contribution in [0, 0.1) is 0 Å². The van der Waals surface area contributed by atoms with Gasteiger partial charge in [0.25, 0.3) is 0 Å². The summed E-state index contributed by atoms with van der Waals surface area (Å²) in [6.07, 6.45) is 0. The first-order valence-electron chi connectivity index (χ1n) is 9.96. The minimum Gasteiger partial charge on any atom is -0.508 e. The van der Waals surface area contributed by atoms with E-state index in [1.165, 1.54) is 0 Å². The molecule has 1 heterocycles. The molecule has 3 N–H and O–H groups in total. The number of phenolic OH excluding ortho intramolecular Hbond substituents is 2. The Labute approximate surface area is 179 Å². The third-order valence-corrected chi connectivity index (χ3v) is 5.22. The number of carbonyl (C=O) groups excluding carboxylic acids is 1. The van der Waals surface area contributed by atoms with E-state index in [1.54, 1.807) is 50.4 Å². The summed E-state index contributed by atoms with van der Waals surface area (Å²) in [7, 11) is 1.59. The van der Waals surface area contributed by atoms with E-state index in [1.807, 2.05) is 30.3 Å². The van der Waals surface area contributed by atoms with Gasteiger partial charge in [0.1, 0.15) is 22.9 Å². The standard InChI is InChI=1S/C25H23NO5/c1-3-31-25(29)24-23(20-14-18(28)10-11-21(20)26-24)22(15-6-4-8-17(27)12-15)16-7-5-9-19(13-16)30-2/h4-14,22,26-28H,3H2,1-2H3. The van der Waals surface area contributed by atoms with Gasteiger partial charge in [-0.25, -0.2) is 4.79 Å². The Bertz CT molecular complexity index is 1240. The van der Waals surface area contributed by atoms with E-state index < -0.39 is 11.9 Å². The number of fused-ring (bicyclic) bond motifs is 1. The van der Waals surface area contributed by atoms with Crippen molar-refractivity contribution in [1.82, 2.24) is 4.98 Å². The monoisotopic (exact) mass is 417 g/mol. The average molecular weight is 417 g/mol. The maximum atomic E-state index is 12.9. The molecule has 0 amide bonds. The molecule has 0 bridgehead atoms. The van der Waals surface area contributed by atoms with Crippen LogP contribution in [0.2, 0.25) is 0 Å². The Morgan fingerprint density at radius 3 is 2.39 bits per heavy atom. The number of ether oxygens (including phenoxy) is 2. The largest absolute Gasteiger partial charge is 0.508 e. The van der Waals surface area contributed by atoms with Gasteiger partial charge < -0.3 is 24.7 Å². The molecule has 31 heavy (non-hydrogen) atoms. The van der Waals surface area contributed by atoms with E-state index in [9.17, 15) is 15.0 Å². The number of nitrogens with one attached hydrogen (secondary N) is 1. The van der Waals surface area contributed by atoms with Crippen LogP contribution in [0.3, 0.4) is 0 Å². The lowest BCUT2D eigenvalue weighted by atomic mass is 9.83. The molecule has 0 aliphatic heterocycles. The summed E-state index contributed by atoms with van der Waals surface area (Å²) in [5, 5.41) is 21.0. The van der Waals surface area contributed by atoms with Crippen LogP contribution in [-0.4, -0.2) is 34.9 Å². The van der Waals surface area contributed by atoms with Crippen LogP contribution in [0.4, 0.5) is 0 Å². The number of hydrogen-bond acceptors (Lipinski definition) is 5. The van der Waals surface area contributed by atoms with Gasteiger partial charge in [-0.15, -0.1) is 0 Å². The van der Waals surface area contributed by atoms with E-state index in [-0.39, 0.29) is 18.1 Å². The number of esters is 1. The fraction of sp³-hybridized carbons (Fsp3) is 0.160. The fourth-order valence-corrected chi connectivity index (χ4v) is 3.92. The number of phenols is 2. The highest BCUT2D eigenvalue weighted by atomic mass is 16.5. The molecule has 1 atom stereocenters. The molecule has 1 aromatic heterocycles. The lowest BCUT2D eigenvalue weighted by Crippen LogP contribution is -2.12. The van der Waals surface area contributed by atoms with E-state index in [4.69, 9.17) is 9.47 Å². The molecule has 4 aromatic rings. The Hall–Kier alpha value is -3.93. The van der Waals surface area contributed by atoms with Crippen molar-refractivity contribution in [1.29, 1.82) is 0 Å². The van der Waals surface area contributed by atoms with Gasteiger partial charge in [0.2, 0.25) is 0 Å². The van der Waals surface area contributed by atoms with E-state index in [0.29, 0.717) is 27.9 Å². The molecular weight excluding hydrogens is 394 g/mol. The van der Waals surface area contributed by atoms with Crippen molar-refractivity contribution >= 4 is 16.9 Å². The molecule has 158 valence electrons. The van der Waals surface area contributed by atoms with Crippen molar-refractivity contribution in [3.05, 3.63) is 89.1 Å². The number of carbonyl (C=O) groups is 1. The molecule has 0 saturated carbocycles. The third-order valence-electron chi connectivity index (χ3n) is 5.22. The van der Waals surface area contributed by atoms with Crippen LogP contribution in [0.15, 0.2) is 66.7 Å². The van der Waals surface area contributed by atoms with Crippen LogP contribution in [-0.2, 0) is 4.74 Å². The molecule has 6 heteroatoms. The predicted molar refractivity (Wildman–Crippen MR) is 118 cm³/mol. The lowest BCUT2D eigenvalue weighted by molar-refractivity contribution is 0.0519. The molecule has 4 rings (SSSR count). The molecule has 6 nitrogen and oxygen atoms in total. The van der Waals surface area contributed by atoms with Gasteiger partial charge >= 0.3 is 5.97 Å². The van der Waals surface area contributed by atoms with Gasteiger partial charge in [-0.05, 0) is 60.5 Å². The first-order valence-corrected chi connectivity index (χ1v) is 9.96. The van der Waals surface area contributed by atoms with Crippen molar-refractivity contribution in [2.45, 2.75) is 12.8 Å². The van der Waals surface area contributed by atoms with Gasteiger partial charge in [0.15, 0.2) is 0 Å². The molecule has 0 saturated heterocycles. The van der Waals surface area contributed by atoms with Gasteiger partial charge in [-0.2, -0.15) is 0 Å². The number of rotatable bonds is 6. The number of methoxy groups -OCH3 is 1. The average Bonchev–Trinajstić information content (AvgIpc) is 3.13. The Morgan fingerprint density at radius 1 is 0.968 bits per heavy atom. The maximum Gasteiger partial charge on any atom is 0.355 e. The molecule has 1 unspecified atom stereocenters. The fourth-order valence-electron chi connectivity index (χ4n) is 3.92. The minimum absolute atomic E-state index is 0.0865. The number of aromatic nitrogens is 1. The summed E-state index contributed by atoms with van der Waals surface area (Å²) < 4.78 is 10.7. The minimum atomic E-state index is -0.485. The first kappa shape index (κ1) is 20.3. The Morgan fingerprint density at radius 2 is 1.68 bits per heavy atom. The number of H-pyrrole nitrogens is 1. The quantitative estimate of drug-likeness (QED) is 0.386. The Kier molecular flexibility index (Phi) is 5.54. The summed E-state index contributed by atoms with van der Waals surface area (Å²) >= 11 is 0. The summed E-state index contributed by atoms with van der Waals surface area (Å²) in [6, 6.07) is 19.4. The lowest BCUT2D eigenvalue weighted by Gasteiger charge is -2.20. The van der Waals surface area contributed by atoms with Gasteiger partial charge in [-0.1, -0.05) is 24.3 Å². The second-order valence-corrected chi connectivity index (χ2v) is 7.17. The van der Waals surface area contributed by atoms with E-state index in [0.717, 1.165) is 11.1 Å². The van der Waals surface area contributed by atoms with Gasteiger partial charge in [0, 0.05) is 22.4 Å². The Balaban J connectivity index is 2.05. The molecule has 0 aliphatic rings. The predicted octanol–water partition coefficient (Wildman–Crippen LogP) is 4.94. The number of hydrogen-bond donors (Lipinski definition) is 3. The van der Waals surface area contributed by atoms with Gasteiger partial charge in [-0.3, -0.25) is 0 Å². The summed E-state index contributed by atoms with van der Waals surface area (Å²) in [5.74, 6) is -0.0457. The summed E-state index contributed by atoms with van der Waals surface area (Å²) in [5.41, 5.74) is 3.30. The topological polar surface area (TPSA) is 91.8 Å². The van der Waals surface area contributed by atoms with E-state index >= 15 is 0 Å². The highest BCUT2D eigenvalue weighted by Gasteiger charge is 2.28. The van der Waals surface area contributed by atoms with Crippen LogP contribution in [0.5, 0.6) is 17.2 Å². The van der Waals surface area contributed by atoms with Crippen molar-refractivity contribution in [2.75, 3.05) is 13.7 Å². The highest BCUT2D eigenvalue weighted by molar-refractivity contribution is 6.00. The zero-order chi connectivity index (χ0) is 22.0. The normalized spacial score (nSPS) is 11.9. The zero-order valence-corrected chi connectivity index (χ0v) is 17.3. The summed E-state index contributed by atoms with van der Waals surface area (Å²) in [4.78, 5) is 16.0. The van der Waals surface area contributed by atoms with Crippen molar-refractivity contribution in [2.24, 2.45) is 0 Å². The second-order valence-electron chi connectivity index (χ2n) is 7.17.